The zero-order valence-electron chi connectivity index (χ0n) is 14.0. The Balaban J connectivity index is 1.76. The Morgan fingerprint density at radius 2 is 2.28 bits per heavy atom. The first-order chi connectivity index (χ1) is 12.1. The molecule has 0 saturated carbocycles. The lowest BCUT2D eigenvalue weighted by molar-refractivity contribution is -0.383. The highest BCUT2D eigenvalue weighted by Gasteiger charge is 2.33. The van der Waals surface area contributed by atoms with Crippen molar-refractivity contribution in [2.45, 2.75) is 38.6 Å². The van der Waals surface area contributed by atoms with E-state index in [1.165, 1.54) is 12.1 Å². The van der Waals surface area contributed by atoms with Gasteiger partial charge in [-0.25, -0.2) is 4.79 Å². The maximum Gasteiger partial charge on any atom is 0.322 e. The van der Waals surface area contributed by atoms with Gasteiger partial charge in [-0.3, -0.25) is 10.1 Å². The first kappa shape index (κ1) is 16.9. The van der Waals surface area contributed by atoms with Gasteiger partial charge < -0.3 is 14.7 Å². The summed E-state index contributed by atoms with van der Waals surface area (Å²) in [7, 11) is 0. The summed E-state index contributed by atoms with van der Waals surface area (Å²) in [6, 6.07) is 7.47. The Bertz CT molecular complexity index is 774. The molecule has 0 aliphatic carbocycles. The maximum absolute atomic E-state index is 12.6. The smallest absolute Gasteiger partial charge is 0.322 e. The molecule has 0 bridgehead atoms. The molecule has 2 amide bonds. The van der Waals surface area contributed by atoms with Crippen molar-refractivity contribution < 1.29 is 14.2 Å². The van der Waals surface area contributed by atoms with E-state index in [-0.39, 0.29) is 23.4 Å². The van der Waals surface area contributed by atoms with Crippen LogP contribution in [-0.4, -0.2) is 27.6 Å². The minimum absolute atomic E-state index is 0.127. The molecule has 3 rings (SSSR count). The quantitative estimate of drug-likeness (QED) is 0.654. The Morgan fingerprint density at radius 3 is 3.04 bits per heavy atom. The number of aromatic nitrogens is 1. The second-order valence-corrected chi connectivity index (χ2v) is 6.02. The van der Waals surface area contributed by atoms with Crippen molar-refractivity contribution in [3.8, 4) is 0 Å². The number of anilines is 1. The minimum atomic E-state index is -0.508. The second-order valence-electron chi connectivity index (χ2n) is 6.02. The van der Waals surface area contributed by atoms with Crippen molar-refractivity contribution >= 4 is 17.4 Å². The van der Waals surface area contributed by atoms with Crippen molar-refractivity contribution in [2.24, 2.45) is 0 Å². The number of carbonyl (C=O) groups is 1. The zero-order valence-corrected chi connectivity index (χ0v) is 14.0. The van der Waals surface area contributed by atoms with E-state index in [4.69, 9.17) is 4.52 Å². The molecule has 1 aromatic heterocycles. The van der Waals surface area contributed by atoms with Gasteiger partial charge in [-0.05, 0) is 25.3 Å². The fourth-order valence-electron chi connectivity index (χ4n) is 3.09. The van der Waals surface area contributed by atoms with Crippen molar-refractivity contribution in [3.63, 3.8) is 0 Å². The number of likely N-dealkylation sites (tertiary alicyclic amines) is 1. The number of nitro groups is 1. The van der Waals surface area contributed by atoms with Crippen LogP contribution in [0.1, 0.15) is 43.7 Å². The average molecular weight is 344 g/mol. The number of aryl methyl sites for hydroxylation is 1. The van der Waals surface area contributed by atoms with E-state index in [0.29, 0.717) is 6.54 Å². The molecule has 1 aliphatic heterocycles. The standard InChI is InChI=1S/C17H20N4O4/c1-2-6-12-11-14(19-25-12)15-9-5-10-20(15)17(22)18-13-7-3-4-8-16(13)21(23)24/h3-4,7-8,11,15H,2,5-6,9-10H2,1H3,(H,18,22). The Labute approximate surface area is 144 Å². The number of urea groups is 1. The van der Waals surface area contributed by atoms with E-state index in [9.17, 15) is 14.9 Å². The van der Waals surface area contributed by atoms with Crippen molar-refractivity contribution in [1.82, 2.24) is 10.1 Å². The van der Waals surface area contributed by atoms with Gasteiger partial charge in [0.15, 0.2) is 0 Å². The van der Waals surface area contributed by atoms with E-state index in [0.717, 1.165) is 37.1 Å². The van der Waals surface area contributed by atoms with Crippen LogP contribution in [0.15, 0.2) is 34.9 Å². The molecule has 1 fully saturated rings. The SMILES string of the molecule is CCCc1cc(C2CCCN2C(=O)Nc2ccccc2[N+](=O)[O-])no1. The summed E-state index contributed by atoms with van der Waals surface area (Å²) < 4.78 is 5.32. The van der Waals surface area contributed by atoms with Gasteiger partial charge in [0, 0.05) is 25.1 Å². The summed E-state index contributed by atoms with van der Waals surface area (Å²) >= 11 is 0. The minimum Gasteiger partial charge on any atom is -0.361 e. The van der Waals surface area contributed by atoms with Crippen LogP contribution < -0.4 is 5.32 Å². The monoisotopic (exact) mass is 344 g/mol. The summed E-state index contributed by atoms with van der Waals surface area (Å²) in [4.78, 5) is 24.9. The normalized spacial score (nSPS) is 16.8. The van der Waals surface area contributed by atoms with E-state index in [1.807, 2.05) is 6.07 Å². The first-order valence-corrected chi connectivity index (χ1v) is 8.36. The number of nitrogens with one attached hydrogen (secondary N) is 1. The summed E-state index contributed by atoms with van der Waals surface area (Å²) in [6.07, 6.45) is 3.41. The lowest BCUT2D eigenvalue weighted by Gasteiger charge is -2.23. The lowest BCUT2D eigenvalue weighted by Crippen LogP contribution is -2.34. The molecular formula is C17H20N4O4. The van der Waals surface area contributed by atoms with Crippen molar-refractivity contribution in [2.75, 3.05) is 11.9 Å². The van der Waals surface area contributed by atoms with Crippen LogP contribution >= 0.6 is 0 Å². The largest absolute Gasteiger partial charge is 0.361 e. The second kappa shape index (κ2) is 7.33. The highest BCUT2D eigenvalue weighted by atomic mass is 16.6. The third-order valence-electron chi connectivity index (χ3n) is 4.27. The maximum atomic E-state index is 12.6. The number of para-hydroxylation sites is 2. The van der Waals surface area contributed by atoms with Gasteiger partial charge in [0.25, 0.3) is 5.69 Å². The topological polar surface area (TPSA) is 102 Å². The molecule has 8 nitrogen and oxygen atoms in total. The third-order valence-corrected chi connectivity index (χ3v) is 4.27. The predicted octanol–water partition coefficient (Wildman–Crippen LogP) is 3.90. The number of carbonyl (C=O) groups excluding carboxylic acids is 1. The molecule has 1 unspecified atom stereocenters. The molecule has 2 aromatic rings. The van der Waals surface area contributed by atoms with Gasteiger partial charge in [0.2, 0.25) is 0 Å². The molecule has 2 heterocycles. The molecule has 0 spiro atoms. The number of hydrogen-bond donors (Lipinski definition) is 1. The Morgan fingerprint density at radius 1 is 1.48 bits per heavy atom. The predicted molar refractivity (Wildman–Crippen MR) is 91.3 cm³/mol. The summed E-state index contributed by atoms with van der Waals surface area (Å²) in [6.45, 7) is 2.64. The van der Waals surface area contributed by atoms with Crippen molar-refractivity contribution in [3.05, 3.63) is 51.9 Å². The molecular weight excluding hydrogens is 324 g/mol. The van der Waals surface area contributed by atoms with Crippen LogP contribution in [0.4, 0.5) is 16.2 Å². The molecule has 132 valence electrons. The van der Waals surface area contributed by atoms with E-state index in [1.54, 1.807) is 17.0 Å². The van der Waals surface area contributed by atoms with Gasteiger partial charge in [-0.1, -0.05) is 24.2 Å². The van der Waals surface area contributed by atoms with E-state index < -0.39 is 4.92 Å². The number of nitrogens with zero attached hydrogens (tertiary/aromatic N) is 3. The van der Waals surface area contributed by atoms with Gasteiger partial charge in [0.05, 0.1) is 11.0 Å². The van der Waals surface area contributed by atoms with Gasteiger partial charge in [-0.2, -0.15) is 0 Å². The number of benzene rings is 1. The molecule has 1 aliphatic rings. The third kappa shape index (κ3) is 3.62. The number of hydrogen-bond acceptors (Lipinski definition) is 5. The lowest BCUT2D eigenvalue weighted by atomic mass is 10.1. The highest BCUT2D eigenvalue weighted by molar-refractivity contribution is 5.92. The summed E-state index contributed by atoms with van der Waals surface area (Å²) in [5.41, 5.74) is 0.798. The van der Waals surface area contributed by atoms with Gasteiger partial charge in [0.1, 0.15) is 17.1 Å². The Kier molecular flexibility index (Phi) is 4.97. The number of nitro benzene ring substituents is 1. The summed E-state index contributed by atoms with van der Waals surface area (Å²) in [5.74, 6) is 0.809. The zero-order chi connectivity index (χ0) is 17.8. The van der Waals surface area contributed by atoms with Crippen LogP contribution in [0.3, 0.4) is 0 Å². The number of rotatable bonds is 5. The average Bonchev–Trinajstić information content (AvgIpc) is 3.24. The summed E-state index contributed by atoms with van der Waals surface area (Å²) in [5, 5.41) is 17.8. The molecule has 1 saturated heterocycles. The molecule has 0 radical (unpaired) electrons. The Hall–Kier alpha value is -2.90. The number of amides is 2. The van der Waals surface area contributed by atoms with Crippen LogP contribution in [0, 0.1) is 10.1 Å². The van der Waals surface area contributed by atoms with Crippen LogP contribution in [0.5, 0.6) is 0 Å². The fourth-order valence-corrected chi connectivity index (χ4v) is 3.09. The molecule has 1 aromatic carbocycles. The van der Waals surface area contributed by atoms with Crippen LogP contribution in [-0.2, 0) is 6.42 Å². The van der Waals surface area contributed by atoms with E-state index in [2.05, 4.69) is 17.4 Å². The van der Waals surface area contributed by atoms with E-state index >= 15 is 0 Å². The molecule has 1 atom stereocenters. The first-order valence-electron chi connectivity index (χ1n) is 8.36. The van der Waals surface area contributed by atoms with Crippen LogP contribution in [0.2, 0.25) is 0 Å². The van der Waals surface area contributed by atoms with Gasteiger partial charge >= 0.3 is 6.03 Å². The van der Waals surface area contributed by atoms with Gasteiger partial charge in [-0.15, -0.1) is 0 Å². The molecule has 8 heteroatoms. The highest BCUT2D eigenvalue weighted by Crippen LogP contribution is 2.33. The molecule has 1 N–H and O–H groups in total. The molecule has 25 heavy (non-hydrogen) atoms. The fraction of sp³-hybridized carbons (Fsp3) is 0.412. The van der Waals surface area contributed by atoms with Crippen molar-refractivity contribution in [1.29, 1.82) is 0 Å². The van der Waals surface area contributed by atoms with Crippen LogP contribution in [0.25, 0.3) is 0 Å².